The van der Waals surface area contributed by atoms with Crippen molar-refractivity contribution in [2.75, 3.05) is 0 Å². The van der Waals surface area contributed by atoms with Crippen molar-refractivity contribution < 1.29 is 13.9 Å². The van der Waals surface area contributed by atoms with Crippen LogP contribution in [-0.2, 0) is 6.61 Å². The summed E-state index contributed by atoms with van der Waals surface area (Å²) in [4.78, 5) is 15.7. The van der Waals surface area contributed by atoms with Crippen LogP contribution in [0, 0.1) is 6.92 Å². The molecule has 0 radical (unpaired) electrons. The van der Waals surface area contributed by atoms with E-state index in [2.05, 4.69) is 4.98 Å². The van der Waals surface area contributed by atoms with Crippen molar-refractivity contribution in [2.45, 2.75) is 13.5 Å². The molecular weight excluding hydrogens is 268 g/mol. The zero-order valence-electron chi connectivity index (χ0n) is 11.5. The zero-order valence-corrected chi connectivity index (χ0v) is 11.5. The molecule has 2 aromatic heterocycles. The van der Waals surface area contributed by atoms with E-state index in [0.29, 0.717) is 34.6 Å². The lowest BCUT2D eigenvalue weighted by Crippen LogP contribution is -2.11. The van der Waals surface area contributed by atoms with Crippen molar-refractivity contribution in [3.05, 3.63) is 59.6 Å². The third-order valence-corrected chi connectivity index (χ3v) is 3.19. The first-order chi connectivity index (χ1) is 10.1. The van der Waals surface area contributed by atoms with Crippen LogP contribution < -0.4 is 10.5 Å². The molecule has 0 spiro atoms. The van der Waals surface area contributed by atoms with Crippen LogP contribution in [0.1, 0.15) is 21.8 Å². The molecule has 2 heterocycles. The molecule has 0 saturated carbocycles. The highest BCUT2D eigenvalue weighted by Crippen LogP contribution is 2.29. The molecule has 3 aromatic rings. The molecule has 0 bridgehead atoms. The molecule has 3 rings (SSSR count). The van der Waals surface area contributed by atoms with Crippen LogP contribution in [0.25, 0.3) is 11.0 Å². The second-order valence-electron chi connectivity index (χ2n) is 4.67. The topological polar surface area (TPSA) is 78.3 Å². The van der Waals surface area contributed by atoms with Gasteiger partial charge in [-0.25, -0.2) is 0 Å². The minimum Gasteiger partial charge on any atom is -0.487 e. The molecule has 0 fully saturated rings. The normalized spacial score (nSPS) is 10.7. The molecule has 0 unspecified atom stereocenters. The Balaban J connectivity index is 1.90. The zero-order chi connectivity index (χ0) is 14.8. The molecule has 0 atom stereocenters. The largest absolute Gasteiger partial charge is 0.487 e. The molecule has 0 aliphatic carbocycles. The number of ether oxygens (including phenoxy) is 1. The smallest absolute Gasteiger partial charge is 0.252 e. The Hall–Kier alpha value is -2.82. The number of pyridine rings is 1. The minimum absolute atomic E-state index is 0.356. The van der Waals surface area contributed by atoms with E-state index in [1.54, 1.807) is 31.3 Å². The van der Waals surface area contributed by atoms with Gasteiger partial charge in [-0.2, -0.15) is 0 Å². The number of benzene rings is 1. The molecular formula is C16H14N2O3. The van der Waals surface area contributed by atoms with E-state index in [1.807, 2.05) is 18.2 Å². The van der Waals surface area contributed by atoms with Crippen molar-refractivity contribution in [3.63, 3.8) is 0 Å². The van der Waals surface area contributed by atoms with E-state index >= 15 is 0 Å². The van der Waals surface area contributed by atoms with E-state index in [9.17, 15) is 4.79 Å². The molecule has 2 N–H and O–H groups in total. The number of primary amides is 1. The van der Waals surface area contributed by atoms with Gasteiger partial charge in [0.2, 0.25) is 0 Å². The number of aromatic nitrogens is 1. The van der Waals surface area contributed by atoms with Gasteiger partial charge in [-0.1, -0.05) is 6.07 Å². The van der Waals surface area contributed by atoms with Gasteiger partial charge >= 0.3 is 0 Å². The van der Waals surface area contributed by atoms with Gasteiger partial charge in [0, 0.05) is 11.6 Å². The SMILES string of the molecule is Cc1oc2ccc(OCc3ccccn3)cc2c1C(N)=O. The van der Waals surface area contributed by atoms with E-state index in [1.165, 1.54) is 0 Å². The molecule has 0 saturated heterocycles. The third-order valence-electron chi connectivity index (χ3n) is 3.19. The Morgan fingerprint density at radius 2 is 2.19 bits per heavy atom. The molecule has 106 valence electrons. The number of nitrogens with two attached hydrogens (primary N) is 1. The number of rotatable bonds is 4. The summed E-state index contributed by atoms with van der Waals surface area (Å²) in [5.41, 5.74) is 7.23. The second-order valence-corrected chi connectivity index (χ2v) is 4.67. The first-order valence-corrected chi connectivity index (χ1v) is 6.51. The van der Waals surface area contributed by atoms with E-state index in [-0.39, 0.29) is 0 Å². The van der Waals surface area contributed by atoms with E-state index < -0.39 is 5.91 Å². The molecule has 21 heavy (non-hydrogen) atoms. The fourth-order valence-corrected chi connectivity index (χ4v) is 2.24. The number of nitrogens with zero attached hydrogens (tertiary/aromatic N) is 1. The summed E-state index contributed by atoms with van der Waals surface area (Å²) in [6.45, 7) is 2.07. The van der Waals surface area contributed by atoms with Crippen LogP contribution in [0.15, 0.2) is 47.0 Å². The number of furan rings is 1. The maximum Gasteiger partial charge on any atom is 0.252 e. The number of aryl methyl sites for hydroxylation is 1. The van der Waals surface area contributed by atoms with Gasteiger partial charge in [0.05, 0.1) is 11.3 Å². The van der Waals surface area contributed by atoms with Crippen LogP contribution in [0.5, 0.6) is 5.75 Å². The van der Waals surface area contributed by atoms with Gasteiger partial charge in [0.15, 0.2) is 0 Å². The quantitative estimate of drug-likeness (QED) is 0.798. The standard InChI is InChI=1S/C16H14N2O3/c1-10-15(16(17)19)13-8-12(5-6-14(13)21-10)20-9-11-4-2-3-7-18-11/h2-8H,9H2,1H3,(H2,17,19). The summed E-state index contributed by atoms with van der Waals surface area (Å²) in [6, 6.07) is 11.0. The van der Waals surface area contributed by atoms with Gasteiger partial charge < -0.3 is 14.9 Å². The molecule has 5 heteroatoms. The average molecular weight is 282 g/mol. The predicted molar refractivity (Wildman–Crippen MR) is 78.0 cm³/mol. The van der Waals surface area contributed by atoms with Gasteiger partial charge in [-0.15, -0.1) is 0 Å². The molecule has 1 amide bonds. The molecule has 0 aliphatic rings. The average Bonchev–Trinajstić information content (AvgIpc) is 2.81. The Morgan fingerprint density at radius 3 is 2.90 bits per heavy atom. The number of hydrogen-bond acceptors (Lipinski definition) is 4. The summed E-state index contributed by atoms with van der Waals surface area (Å²) >= 11 is 0. The first kappa shape index (κ1) is 13.2. The number of hydrogen-bond donors (Lipinski definition) is 1. The fraction of sp³-hybridized carbons (Fsp3) is 0.125. The summed E-state index contributed by atoms with van der Waals surface area (Å²) < 4.78 is 11.2. The lowest BCUT2D eigenvalue weighted by molar-refractivity contribution is 0.1000. The summed E-state index contributed by atoms with van der Waals surface area (Å²) in [5, 5.41) is 0.665. The van der Waals surface area contributed by atoms with Crippen molar-refractivity contribution >= 4 is 16.9 Å². The summed E-state index contributed by atoms with van der Waals surface area (Å²) in [6.07, 6.45) is 1.71. The summed E-state index contributed by atoms with van der Waals surface area (Å²) in [7, 11) is 0. The van der Waals surface area contributed by atoms with Gasteiger partial charge in [-0.3, -0.25) is 9.78 Å². The molecule has 0 aliphatic heterocycles. The monoisotopic (exact) mass is 282 g/mol. The highest BCUT2D eigenvalue weighted by molar-refractivity contribution is 6.06. The maximum absolute atomic E-state index is 11.5. The van der Waals surface area contributed by atoms with Crippen LogP contribution in [-0.4, -0.2) is 10.9 Å². The second kappa shape index (κ2) is 5.28. The van der Waals surface area contributed by atoms with Gasteiger partial charge in [0.1, 0.15) is 23.7 Å². The molecule has 5 nitrogen and oxygen atoms in total. The van der Waals surface area contributed by atoms with E-state index in [0.717, 1.165) is 5.69 Å². The fourth-order valence-electron chi connectivity index (χ4n) is 2.24. The lowest BCUT2D eigenvalue weighted by atomic mass is 10.1. The number of amides is 1. The van der Waals surface area contributed by atoms with Gasteiger partial charge in [0.25, 0.3) is 5.91 Å². The van der Waals surface area contributed by atoms with Crippen LogP contribution in [0.3, 0.4) is 0 Å². The minimum atomic E-state index is -0.506. The van der Waals surface area contributed by atoms with E-state index in [4.69, 9.17) is 14.9 Å². The Bertz CT molecular complexity index is 794. The highest BCUT2D eigenvalue weighted by atomic mass is 16.5. The Labute approximate surface area is 121 Å². The number of carbonyl (C=O) groups excluding carboxylic acids is 1. The lowest BCUT2D eigenvalue weighted by Gasteiger charge is -2.05. The van der Waals surface area contributed by atoms with Crippen molar-refractivity contribution in [3.8, 4) is 5.75 Å². The Morgan fingerprint density at radius 1 is 1.33 bits per heavy atom. The Kier molecular flexibility index (Phi) is 3.31. The van der Waals surface area contributed by atoms with Crippen LogP contribution in [0.2, 0.25) is 0 Å². The van der Waals surface area contributed by atoms with Crippen LogP contribution in [0.4, 0.5) is 0 Å². The van der Waals surface area contributed by atoms with Gasteiger partial charge in [-0.05, 0) is 37.3 Å². The number of carbonyl (C=O) groups is 1. The maximum atomic E-state index is 11.5. The van der Waals surface area contributed by atoms with Crippen molar-refractivity contribution in [1.82, 2.24) is 4.98 Å². The highest BCUT2D eigenvalue weighted by Gasteiger charge is 2.16. The van der Waals surface area contributed by atoms with Crippen LogP contribution >= 0.6 is 0 Å². The summed E-state index contributed by atoms with van der Waals surface area (Å²) in [5.74, 6) is 0.643. The van der Waals surface area contributed by atoms with Crippen molar-refractivity contribution in [1.29, 1.82) is 0 Å². The first-order valence-electron chi connectivity index (χ1n) is 6.51. The number of fused-ring (bicyclic) bond motifs is 1. The van der Waals surface area contributed by atoms with Crippen molar-refractivity contribution in [2.24, 2.45) is 5.73 Å². The third kappa shape index (κ3) is 2.58. The predicted octanol–water partition coefficient (Wildman–Crippen LogP) is 2.81. The molecule has 1 aromatic carbocycles.